The first-order valence-corrected chi connectivity index (χ1v) is 15.2. The number of rotatable bonds is 4. The minimum Gasteiger partial charge on any atom is -0.456 e. The maximum Gasteiger partial charge on any atom is 0.169 e. The normalized spacial score (nSPS) is 14.9. The fourth-order valence-electron chi connectivity index (χ4n) is 6.50. The monoisotopic (exact) mass is 577 g/mol. The summed E-state index contributed by atoms with van der Waals surface area (Å²) in [5, 5.41) is 10.5. The second kappa shape index (κ2) is 10.3. The highest BCUT2D eigenvalue weighted by atomic mass is 16.3. The van der Waals surface area contributed by atoms with Crippen molar-refractivity contribution in [2.75, 3.05) is 0 Å². The summed E-state index contributed by atoms with van der Waals surface area (Å²) < 4.78 is 6.38. The maximum atomic E-state index is 6.38. The minimum atomic E-state index is -0.440. The molecular formula is C41H27N3O. The van der Waals surface area contributed by atoms with E-state index >= 15 is 0 Å². The van der Waals surface area contributed by atoms with Crippen molar-refractivity contribution in [2.24, 2.45) is 9.98 Å². The van der Waals surface area contributed by atoms with Gasteiger partial charge in [-0.15, -0.1) is 0 Å². The SMILES string of the molecule is c1ccc(-c2ccc3oc4ccccc4c3c2C2=NC(c3ccc4ccccc4c3)N=C(c3ccc4ccccc4c3)N2)cc1. The molecule has 1 aromatic heterocycles. The first kappa shape index (κ1) is 25.5. The van der Waals surface area contributed by atoms with Gasteiger partial charge < -0.3 is 9.73 Å². The Bertz CT molecular complexity index is 2470. The zero-order valence-corrected chi connectivity index (χ0v) is 24.3. The van der Waals surface area contributed by atoms with Crippen molar-refractivity contribution in [1.82, 2.24) is 5.32 Å². The Labute approximate surface area is 260 Å². The summed E-state index contributed by atoms with van der Waals surface area (Å²) in [6, 6.07) is 52.8. The molecule has 1 aliphatic heterocycles. The number of hydrogen-bond donors (Lipinski definition) is 1. The zero-order valence-electron chi connectivity index (χ0n) is 24.3. The molecule has 9 rings (SSSR count). The quantitative estimate of drug-likeness (QED) is 0.226. The van der Waals surface area contributed by atoms with Gasteiger partial charge in [-0.2, -0.15) is 0 Å². The molecule has 0 aliphatic carbocycles. The largest absolute Gasteiger partial charge is 0.456 e. The Morgan fingerprint density at radius 3 is 1.98 bits per heavy atom. The number of nitrogens with zero attached hydrogens (tertiary/aromatic N) is 2. The van der Waals surface area contributed by atoms with Gasteiger partial charge in [-0.25, -0.2) is 9.98 Å². The molecule has 1 N–H and O–H groups in total. The van der Waals surface area contributed by atoms with Crippen LogP contribution in [0.2, 0.25) is 0 Å². The van der Waals surface area contributed by atoms with Gasteiger partial charge in [-0.05, 0) is 68.6 Å². The summed E-state index contributed by atoms with van der Waals surface area (Å²) >= 11 is 0. The molecule has 0 spiro atoms. The summed E-state index contributed by atoms with van der Waals surface area (Å²) in [6.45, 7) is 0. The van der Waals surface area contributed by atoms with Gasteiger partial charge in [-0.3, -0.25) is 0 Å². The van der Waals surface area contributed by atoms with E-state index in [4.69, 9.17) is 14.4 Å². The number of hydrogen-bond acceptors (Lipinski definition) is 4. The third kappa shape index (κ3) is 4.38. The van der Waals surface area contributed by atoms with Crippen LogP contribution in [0.1, 0.15) is 22.9 Å². The highest BCUT2D eigenvalue weighted by molar-refractivity contribution is 6.26. The number of fused-ring (bicyclic) bond motifs is 5. The number of furan rings is 1. The molecule has 0 saturated heterocycles. The molecule has 2 heterocycles. The van der Waals surface area contributed by atoms with Gasteiger partial charge in [0.05, 0.1) is 0 Å². The Morgan fingerprint density at radius 2 is 1.16 bits per heavy atom. The standard InChI is InChI=1S/C41H27N3O/c1-2-12-28(13-3-1)33-22-23-36-37(34-16-8-9-17-35(34)45-36)38(33)41-43-39(31-20-18-26-10-4-6-14-29(26)24-31)42-40(44-41)32-21-19-27-11-5-7-15-30(27)25-32/h1-25,39H,(H,42,43,44). The van der Waals surface area contributed by atoms with E-state index in [1.54, 1.807) is 0 Å². The molecule has 8 aromatic rings. The van der Waals surface area contributed by atoms with Gasteiger partial charge in [-0.1, -0.05) is 121 Å². The van der Waals surface area contributed by atoms with Gasteiger partial charge in [0.2, 0.25) is 0 Å². The van der Waals surface area contributed by atoms with Crippen molar-refractivity contribution in [1.29, 1.82) is 0 Å². The van der Waals surface area contributed by atoms with Crippen LogP contribution in [0.25, 0.3) is 54.6 Å². The summed E-state index contributed by atoms with van der Waals surface area (Å²) in [5.41, 5.74) is 6.92. The molecule has 0 saturated carbocycles. The van der Waals surface area contributed by atoms with Crippen molar-refractivity contribution >= 4 is 55.2 Å². The van der Waals surface area contributed by atoms with E-state index in [2.05, 4.69) is 139 Å². The zero-order chi connectivity index (χ0) is 29.7. The van der Waals surface area contributed by atoms with Gasteiger partial charge >= 0.3 is 0 Å². The van der Waals surface area contributed by atoms with E-state index in [1.165, 1.54) is 21.5 Å². The summed E-state index contributed by atoms with van der Waals surface area (Å²) in [5.74, 6) is 1.55. The third-order valence-electron chi connectivity index (χ3n) is 8.70. The van der Waals surface area contributed by atoms with Crippen molar-refractivity contribution in [3.63, 3.8) is 0 Å². The number of aliphatic imine (C=N–C) groups is 2. The molecule has 0 radical (unpaired) electrons. The first-order valence-electron chi connectivity index (χ1n) is 15.2. The van der Waals surface area contributed by atoms with Crippen LogP contribution < -0.4 is 5.32 Å². The smallest absolute Gasteiger partial charge is 0.169 e. The molecule has 0 fully saturated rings. The summed E-state index contributed by atoms with van der Waals surface area (Å²) in [7, 11) is 0. The lowest BCUT2D eigenvalue weighted by Gasteiger charge is -2.24. The highest BCUT2D eigenvalue weighted by Gasteiger charge is 2.26. The molecule has 7 aromatic carbocycles. The fourth-order valence-corrected chi connectivity index (χ4v) is 6.50. The van der Waals surface area contributed by atoms with Crippen LogP contribution in [0, 0.1) is 0 Å². The lowest BCUT2D eigenvalue weighted by atomic mass is 9.93. The van der Waals surface area contributed by atoms with Crippen molar-refractivity contribution < 1.29 is 4.42 Å². The average Bonchev–Trinajstić information content (AvgIpc) is 3.50. The predicted octanol–water partition coefficient (Wildman–Crippen LogP) is 10.1. The summed E-state index contributed by atoms with van der Waals surface area (Å²) in [6.07, 6.45) is -0.440. The van der Waals surface area contributed by atoms with Gasteiger partial charge in [0.25, 0.3) is 0 Å². The van der Waals surface area contributed by atoms with Crippen LogP contribution in [0.4, 0.5) is 0 Å². The van der Waals surface area contributed by atoms with Crippen LogP contribution in [0.15, 0.2) is 166 Å². The molecule has 0 bridgehead atoms. The Kier molecular flexibility index (Phi) is 5.85. The third-order valence-corrected chi connectivity index (χ3v) is 8.70. The fraction of sp³-hybridized carbons (Fsp3) is 0.0244. The van der Waals surface area contributed by atoms with Crippen LogP contribution in [0.3, 0.4) is 0 Å². The molecule has 4 nitrogen and oxygen atoms in total. The number of benzene rings is 7. The summed E-state index contributed by atoms with van der Waals surface area (Å²) in [4.78, 5) is 10.6. The average molecular weight is 578 g/mol. The Balaban J connectivity index is 1.31. The van der Waals surface area contributed by atoms with Gasteiger partial charge in [0, 0.05) is 21.9 Å². The topological polar surface area (TPSA) is 49.9 Å². The van der Waals surface area contributed by atoms with Crippen LogP contribution in [0.5, 0.6) is 0 Å². The van der Waals surface area contributed by atoms with Gasteiger partial charge in [0.1, 0.15) is 22.8 Å². The minimum absolute atomic E-state index is 0.440. The lowest BCUT2D eigenvalue weighted by Crippen LogP contribution is -2.36. The van der Waals surface area contributed by atoms with E-state index in [9.17, 15) is 0 Å². The second-order valence-electron chi connectivity index (χ2n) is 11.4. The molecule has 45 heavy (non-hydrogen) atoms. The molecule has 212 valence electrons. The maximum absolute atomic E-state index is 6.38. The van der Waals surface area contributed by atoms with E-state index in [1.807, 2.05) is 18.2 Å². The van der Waals surface area contributed by atoms with Crippen LogP contribution >= 0.6 is 0 Å². The van der Waals surface area contributed by atoms with Crippen molar-refractivity contribution in [2.45, 2.75) is 6.17 Å². The van der Waals surface area contributed by atoms with Crippen molar-refractivity contribution in [3.05, 3.63) is 168 Å². The lowest BCUT2D eigenvalue weighted by molar-refractivity contribution is 0.669. The Hall–Kier alpha value is -6.00. The van der Waals surface area contributed by atoms with Crippen LogP contribution in [-0.4, -0.2) is 11.7 Å². The number of nitrogens with one attached hydrogen (secondary N) is 1. The van der Waals surface area contributed by atoms with E-state index < -0.39 is 6.17 Å². The Morgan fingerprint density at radius 1 is 0.489 bits per heavy atom. The molecule has 4 heteroatoms. The molecule has 0 amide bonds. The number of para-hydroxylation sites is 1. The van der Waals surface area contributed by atoms with E-state index in [0.29, 0.717) is 0 Å². The van der Waals surface area contributed by atoms with E-state index in [0.717, 1.165) is 61.4 Å². The predicted molar refractivity (Wildman–Crippen MR) is 186 cm³/mol. The van der Waals surface area contributed by atoms with Gasteiger partial charge in [0.15, 0.2) is 6.17 Å². The van der Waals surface area contributed by atoms with Crippen molar-refractivity contribution in [3.8, 4) is 11.1 Å². The number of amidine groups is 2. The van der Waals surface area contributed by atoms with E-state index in [-0.39, 0.29) is 0 Å². The first-order chi connectivity index (χ1) is 22.3. The molecular weight excluding hydrogens is 550 g/mol. The molecule has 1 unspecified atom stereocenters. The highest BCUT2D eigenvalue weighted by Crippen LogP contribution is 2.38. The molecule has 1 aliphatic rings. The molecule has 1 atom stereocenters. The van der Waals surface area contributed by atoms with Crippen LogP contribution in [-0.2, 0) is 0 Å². The second-order valence-corrected chi connectivity index (χ2v) is 11.4.